The van der Waals surface area contributed by atoms with Crippen LogP contribution in [0, 0.1) is 23.3 Å². The smallest absolute Gasteiger partial charge is 0.321 e. The maximum absolute atomic E-state index is 13.2. The molecule has 2 saturated carbocycles. The van der Waals surface area contributed by atoms with Crippen molar-refractivity contribution >= 4 is 22.4 Å². The van der Waals surface area contributed by atoms with Gasteiger partial charge in [-0.3, -0.25) is 4.79 Å². The molecule has 0 unspecified atom stereocenters. The summed E-state index contributed by atoms with van der Waals surface area (Å²) in [4.78, 5) is 16.8. The number of carbonyl (C=O) groups is 1. The van der Waals surface area contributed by atoms with E-state index in [-0.39, 0.29) is 24.3 Å². The van der Waals surface area contributed by atoms with Gasteiger partial charge in [-0.15, -0.1) is 11.3 Å². The minimum atomic E-state index is -4.20. The molecule has 1 amide bonds. The van der Waals surface area contributed by atoms with E-state index in [0.29, 0.717) is 35.7 Å². The maximum atomic E-state index is 13.2. The van der Waals surface area contributed by atoms with Crippen LogP contribution in [0.25, 0.3) is 0 Å². The lowest BCUT2D eigenvalue weighted by molar-refractivity contribution is -0.187. The van der Waals surface area contributed by atoms with Crippen molar-refractivity contribution in [2.75, 3.05) is 5.32 Å². The molecule has 3 rings (SSSR count). The standard InChI is InChI=1S/C16H19F3N4OS/c17-16(18,19)12-4-2-1-3-11(12)13-7-21-15(25-13)23-14(24)9-5-10(6-9)22-8-20/h7,9-12,22H,1-6H2,(H,21,23,24)/t9?,10?,11-,12-/m0/s1. The van der Waals surface area contributed by atoms with Gasteiger partial charge < -0.3 is 10.6 Å². The number of hydrogen-bond donors (Lipinski definition) is 2. The molecule has 5 nitrogen and oxygen atoms in total. The van der Waals surface area contributed by atoms with Crippen molar-refractivity contribution in [3.8, 4) is 6.19 Å². The minimum Gasteiger partial charge on any atom is -0.321 e. The fraction of sp³-hybridized carbons (Fsp3) is 0.688. The van der Waals surface area contributed by atoms with E-state index in [2.05, 4.69) is 15.6 Å². The Morgan fingerprint density at radius 1 is 1.32 bits per heavy atom. The van der Waals surface area contributed by atoms with Crippen molar-refractivity contribution in [3.63, 3.8) is 0 Å². The summed E-state index contributed by atoms with van der Waals surface area (Å²) >= 11 is 1.14. The molecule has 0 radical (unpaired) electrons. The summed E-state index contributed by atoms with van der Waals surface area (Å²) in [6.07, 6.45) is 2.32. The Hall–Kier alpha value is -1.82. The minimum absolute atomic E-state index is 0.0300. The van der Waals surface area contributed by atoms with Crippen LogP contribution in [0.3, 0.4) is 0 Å². The predicted molar refractivity (Wildman–Crippen MR) is 86.8 cm³/mol. The van der Waals surface area contributed by atoms with Gasteiger partial charge in [-0.25, -0.2) is 4.98 Å². The molecule has 2 fully saturated rings. The molecule has 0 saturated heterocycles. The van der Waals surface area contributed by atoms with Crippen LogP contribution in [0.2, 0.25) is 0 Å². The number of nitriles is 1. The Morgan fingerprint density at radius 2 is 2.04 bits per heavy atom. The molecule has 25 heavy (non-hydrogen) atoms. The van der Waals surface area contributed by atoms with E-state index in [4.69, 9.17) is 5.26 Å². The summed E-state index contributed by atoms with van der Waals surface area (Å²) in [5.41, 5.74) is 0. The molecule has 2 atom stereocenters. The number of hydrogen-bond acceptors (Lipinski definition) is 5. The summed E-state index contributed by atoms with van der Waals surface area (Å²) < 4.78 is 39.7. The average molecular weight is 372 g/mol. The van der Waals surface area contributed by atoms with E-state index in [1.807, 2.05) is 6.19 Å². The second-order valence-electron chi connectivity index (χ2n) is 6.72. The highest BCUT2D eigenvalue weighted by atomic mass is 32.1. The van der Waals surface area contributed by atoms with Gasteiger partial charge in [-0.2, -0.15) is 18.4 Å². The summed E-state index contributed by atoms with van der Waals surface area (Å²) in [7, 11) is 0. The third-order valence-electron chi connectivity index (χ3n) is 5.08. The first-order valence-electron chi connectivity index (χ1n) is 8.36. The summed E-state index contributed by atoms with van der Waals surface area (Å²) in [5.74, 6) is -2.26. The second-order valence-corrected chi connectivity index (χ2v) is 7.78. The Balaban J connectivity index is 1.60. The number of anilines is 1. The van der Waals surface area contributed by atoms with Crippen molar-refractivity contribution in [1.82, 2.24) is 10.3 Å². The molecule has 0 aliphatic heterocycles. The molecular weight excluding hydrogens is 353 g/mol. The summed E-state index contributed by atoms with van der Waals surface area (Å²) in [6.45, 7) is 0. The van der Waals surface area contributed by atoms with Gasteiger partial charge in [-0.05, 0) is 25.7 Å². The third kappa shape index (κ3) is 4.06. The van der Waals surface area contributed by atoms with Gasteiger partial charge in [-0.1, -0.05) is 12.8 Å². The highest BCUT2D eigenvalue weighted by Gasteiger charge is 2.46. The van der Waals surface area contributed by atoms with Gasteiger partial charge in [0.1, 0.15) is 0 Å². The fourth-order valence-corrected chi connectivity index (χ4v) is 4.65. The normalized spacial score (nSPS) is 29.4. The van der Waals surface area contributed by atoms with Crippen LogP contribution in [0.4, 0.5) is 18.3 Å². The quantitative estimate of drug-likeness (QED) is 0.623. The summed E-state index contributed by atoms with van der Waals surface area (Å²) in [5, 5.41) is 14.2. The van der Waals surface area contributed by atoms with Crippen LogP contribution in [-0.4, -0.2) is 23.1 Å². The first-order chi connectivity index (χ1) is 11.9. The van der Waals surface area contributed by atoms with E-state index in [9.17, 15) is 18.0 Å². The first-order valence-corrected chi connectivity index (χ1v) is 9.18. The van der Waals surface area contributed by atoms with Crippen molar-refractivity contribution < 1.29 is 18.0 Å². The van der Waals surface area contributed by atoms with Crippen molar-refractivity contribution in [2.24, 2.45) is 11.8 Å². The first kappa shape index (κ1) is 18.0. The summed E-state index contributed by atoms with van der Waals surface area (Å²) in [6, 6.07) is 0.0300. The zero-order valence-electron chi connectivity index (χ0n) is 13.5. The number of thiazole rings is 1. The number of halogens is 3. The van der Waals surface area contributed by atoms with Crippen molar-refractivity contribution in [3.05, 3.63) is 11.1 Å². The molecule has 0 aromatic carbocycles. The molecule has 136 valence electrons. The SMILES string of the molecule is N#CNC1CC(C(=O)Nc2ncc([C@H]3CCCC[C@@H]3C(F)(F)F)s2)C1. The fourth-order valence-electron chi connectivity index (χ4n) is 3.63. The van der Waals surface area contributed by atoms with Crippen LogP contribution in [0.5, 0.6) is 0 Å². The lowest BCUT2D eigenvalue weighted by atomic mass is 9.78. The molecule has 0 bridgehead atoms. The molecule has 1 heterocycles. The van der Waals surface area contributed by atoms with Gasteiger partial charge in [0, 0.05) is 29.0 Å². The second kappa shape index (κ2) is 7.20. The molecule has 2 aliphatic rings. The Kier molecular flexibility index (Phi) is 5.18. The zero-order valence-corrected chi connectivity index (χ0v) is 14.3. The molecule has 2 N–H and O–H groups in total. The molecule has 9 heteroatoms. The molecular formula is C16H19F3N4OS. The Morgan fingerprint density at radius 3 is 2.72 bits per heavy atom. The van der Waals surface area contributed by atoms with Crippen LogP contribution in [0.15, 0.2) is 6.20 Å². The lowest BCUT2D eigenvalue weighted by Crippen LogP contribution is -2.44. The third-order valence-corrected chi connectivity index (χ3v) is 6.13. The average Bonchev–Trinajstić information content (AvgIpc) is 2.98. The number of nitrogens with one attached hydrogen (secondary N) is 2. The number of alkyl halides is 3. The van der Waals surface area contributed by atoms with Gasteiger partial charge in [0.05, 0.1) is 5.92 Å². The lowest BCUT2D eigenvalue weighted by Gasteiger charge is -2.32. The number of nitrogens with zero attached hydrogens (tertiary/aromatic N) is 2. The Labute approximate surface area is 147 Å². The highest BCUT2D eigenvalue weighted by Crippen LogP contribution is 2.48. The number of amides is 1. The number of aromatic nitrogens is 1. The van der Waals surface area contributed by atoms with Crippen molar-refractivity contribution in [1.29, 1.82) is 5.26 Å². The van der Waals surface area contributed by atoms with Crippen molar-refractivity contribution in [2.45, 2.75) is 56.7 Å². The van der Waals surface area contributed by atoms with Gasteiger partial charge in [0.15, 0.2) is 11.3 Å². The monoisotopic (exact) mass is 372 g/mol. The van der Waals surface area contributed by atoms with Crippen LogP contribution < -0.4 is 10.6 Å². The number of carbonyl (C=O) groups excluding carboxylic acids is 1. The van der Waals surface area contributed by atoms with E-state index in [1.165, 1.54) is 6.20 Å². The molecule has 2 aliphatic carbocycles. The predicted octanol–water partition coefficient (Wildman–Crippen LogP) is 3.77. The maximum Gasteiger partial charge on any atom is 0.392 e. The van der Waals surface area contributed by atoms with Crippen LogP contribution >= 0.6 is 11.3 Å². The van der Waals surface area contributed by atoms with Gasteiger partial charge >= 0.3 is 6.18 Å². The molecule has 0 spiro atoms. The van der Waals surface area contributed by atoms with Gasteiger partial charge in [0.25, 0.3) is 0 Å². The van der Waals surface area contributed by atoms with E-state index < -0.39 is 18.0 Å². The van der Waals surface area contributed by atoms with E-state index in [0.717, 1.165) is 17.8 Å². The molecule has 1 aromatic heterocycles. The number of rotatable bonds is 4. The zero-order chi connectivity index (χ0) is 18.0. The molecule has 1 aromatic rings. The van der Waals surface area contributed by atoms with Crippen LogP contribution in [-0.2, 0) is 4.79 Å². The largest absolute Gasteiger partial charge is 0.392 e. The highest BCUT2D eigenvalue weighted by molar-refractivity contribution is 7.15. The van der Waals surface area contributed by atoms with Crippen LogP contribution in [0.1, 0.15) is 49.3 Å². The van der Waals surface area contributed by atoms with Gasteiger partial charge in [0.2, 0.25) is 5.91 Å². The topological polar surface area (TPSA) is 77.8 Å². The Bertz CT molecular complexity index is 663. The van der Waals surface area contributed by atoms with E-state index in [1.54, 1.807) is 0 Å². The van der Waals surface area contributed by atoms with E-state index >= 15 is 0 Å².